The molecule has 1 amide bonds. The molecule has 0 saturated heterocycles. The van der Waals surface area contributed by atoms with E-state index in [0.29, 0.717) is 16.6 Å². The Morgan fingerprint density at radius 3 is 2.68 bits per heavy atom. The minimum Gasteiger partial charge on any atom is -0.337 e. The van der Waals surface area contributed by atoms with Crippen LogP contribution >= 0.6 is 43.2 Å². The quantitative estimate of drug-likeness (QED) is 0.724. The Morgan fingerprint density at radius 1 is 1.37 bits per heavy atom. The number of carbonyl (C=O) groups excluding carboxylic acids is 1. The van der Waals surface area contributed by atoms with Gasteiger partial charge < -0.3 is 4.90 Å². The van der Waals surface area contributed by atoms with Gasteiger partial charge in [0.15, 0.2) is 0 Å². The molecule has 0 radical (unpaired) electrons. The Labute approximate surface area is 131 Å². The monoisotopic (exact) mass is 405 g/mol. The Bertz CT molecular complexity index is 614. The molecule has 0 aliphatic carbocycles. The van der Waals surface area contributed by atoms with Crippen LogP contribution in [0.25, 0.3) is 0 Å². The van der Waals surface area contributed by atoms with Crippen LogP contribution in [-0.4, -0.2) is 17.9 Å². The number of benzene rings is 1. The van der Waals surface area contributed by atoms with Crippen molar-refractivity contribution in [3.05, 3.63) is 54.8 Å². The number of halogens is 3. The standard InChI is InChI=1S/C13H10Br2FNOS/c1-17(6-8-4-12(15)19-7-8)13(18)9-2-3-11(16)10(14)5-9/h2-5,7H,6H2,1H3. The Hall–Kier alpha value is -0.720. The summed E-state index contributed by atoms with van der Waals surface area (Å²) in [6.45, 7) is 0.524. The first-order valence-electron chi connectivity index (χ1n) is 5.41. The lowest BCUT2D eigenvalue weighted by Crippen LogP contribution is -2.26. The van der Waals surface area contributed by atoms with Gasteiger partial charge in [0, 0.05) is 19.2 Å². The normalized spacial score (nSPS) is 10.5. The highest BCUT2D eigenvalue weighted by Crippen LogP contribution is 2.22. The maximum atomic E-state index is 13.1. The molecule has 0 unspecified atom stereocenters. The highest BCUT2D eigenvalue weighted by molar-refractivity contribution is 9.11. The Morgan fingerprint density at radius 2 is 2.11 bits per heavy atom. The van der Waals surface area contributed by atoms with Gasteiger partial charge in [-0.15, -0.1) is 11.3 Å². The van der Waals surface area contributed by atoms with Gasteiger partial charge in [0.25, 0.3) is 5.91 Å². The van der Waals surface area contributed by atoms with Crippen LogP contribution in [0.4, 0.5) is 4.39 Å². The van der Waals surface area contributed by atoms with Gasteiger partial charge in [-0.05, 0) is 67.1 Å². The molecule has 0 fully saturated rings. The van der Waals surface area contributed by atoms with Crippen molar-refractivity contribution < 1.29 is 9.18 Å². The lowest BCUT2D eigenvalue weighted by molar-refractivity contribution is 0.0785. The van der Waals surface area contributed by atoms with E-state index in [2.05, 4.69) is 31.9 Å². The average Bonchev–Trinajstić information content (AvgIpc) is 2.77. The molecule has 0 bridgehead atoms. The molecule has 1 aromatic heterocycles. The van der Waals surface area contributed by atoms with Crippen LogP contribution < -0.4 is 0 Å². The fourth-order valence-corrected chi connectivity index (χ4v) is 3.20. The van der Waals surface area contributed by atoms with Crippen molar-refractivity contribution in [2.45, 2.75) is 6.54 Å². The van der Waals surface area contributed by atoms with Crippen LogP contribution in [0.5, 0.6) is 0 Å². The number of hydrogen-bond acceptors (Lipinski definition) is 2. The lowest BCUT2D eigenvalue weighted by Gasteiger charge is -2.16. The molecule has 1 heterocycles. The number of nitrogens with zero attached hydrogens (tertiary/aromatic N) is 1. The summed E-state index contributed by atoms with van der Waals surface area (Å²) < 4.78 is 14.5. The molecule has 0 atom stereocenters. The summed E-state index contributed by atoms with van der Waals surface area (Å²) in [4.78, 5) is 13.8. The van der Waals surface area contributed by atoms with E-state index in [4.69, 9.17) is 0 Å². The molecule has 2 nitrogen and oxygen atoms in total. The van der Waals surface area contributed by atoms with E-state index in [0.717, 1.165) is 9.35 Å². The predicted molar refractivity (Wildman–Crippen MR) is 81.9 cm³/mol. The lowest BCUT2D eigenvalue weighted by atomic mass is 10.2. The zero-order chi connectivity index (χ0) is 14.0. The van der Waals surface area contributed by atoms with E-state index in [9.17, 15) is 9.18 Å². The van der Waals surface area contributed by atoms with Gasteiger partial charge in [0.1, 0.15) is 5.82 Å². The second-order valence-corrected chi connectivity index (χ2v) is 7.19. The SMILES string of the molecule is CN(Cc1csc(Br)c1)C(=O)c1ccc(F)c(Br)c1. The second-order valence-electron chi connectivity index (χ2n) is 4.05. The van der Waals surface area contributed by atoms with Gasteiger partial charge in [-0.25, -0.2) is 4.39 Å². The van der Waals surface area contributed by atoms with E-state index in [-0.39, 0.29) is 11.7 Å². The van der Waals surface area contributed by atoms with Gasteiger partial charge in [0.2, 0.25) is 0 Å². The molecule has 0 N–H and O–H groups in total. The van der Waals surface area contributed by atoms with Crippen molar-refractivity contribution in [3.8, 4) is 0 Å². The highest BCUT2D eigenvalue weighted by Gasteiger charge is 2.14. The first kappa shape index (κ1) is 14.7. The summed E-state index contributed by atoms with van der Waals surface area (Å²) >= 11 is 8.05. The van der Waals surface area contributed by atoms with Crippen LogP contribution in [0.15, 0.2) is 37.9 Å². The Balaban J connectivity index is 2.12. The maximum absolute atomic E-state index is 13.1. The smallest absolute Gasteiger partial charge is 0.253 e. The molecule has 6 heteroatoms. The van der Waals surface area contributed by atoms with E-state index in [1.807, 2.05) is 11.4 Å². The molecule has 100 valence electrons. The fraction of sp³-hybridized carbons (Fsp3) is 0.154. The summed E-state index contributed by atoms with van der Waals surface area (Å²) in [6.07, 6.45) is 0. The minimum atomic E-state index is -0.374. The van der Waals surface area contributed by atoms with Crippen molar-refractivity contribution in [3.63, 3.8) is 0 Å². The zero-order valence-corrected chi connectivity index (χ0v) is 14.0. The molecule has 0 spiro atoms. The molecular weight excluding hydrogens is 397 g/mol. The van der Waals surface area contributed by atoms with E-state index < -0.39 is 0 Å². The molecule has 1 aromatic carbocycles. The summed E-state index contributed by atoms with van der Waals surface area (Å²) in [5.41, 5.74) is 1.53. The first-order valence-corrected chi connectivity index (χ1v) is 7.87. The summed E-state index contributed by atoms with van der Waals surface area (Å²) in [5, 5.41) is 1.99. The topological polar surface area (TPSA) is 20.3 Å². The molecule has 0 aliphatic rings. The van der Waals surface area contributed by atoms with Gasteiger partial charge in [-0.1, -0.05) is 0 Å². The van der Waals surface area contributed by atoms with Gasteiger partial charge in [-0.2, -0.15) is 0 Å². The second kappa shape index (κ2) is 6.15. The van der Waals surface area contributed by atoms with Crippen molar-refractivity contribution >= 4 is 49.1 Å². The largest absolute Gasteiger partial charge is 0.337 e. The van der Waals surface area contributed by atoms with Crippen LogP contribution in [0.2, 0.25) is 0 Å². The summed E-state index contributed by atoms with van der Waals surface area (Å²) in [6, 6.07) is 6.25. The van der Waals surface area contributed by atoms with E-state index in [1.54, 1.807) is 23.3 Å². The van der Waals surface area contributed by atoms with Crippen molar-refractivity contribution in [1.82, 2.24) is 4.90 Å². The van der Waals surface area contributed by atoms with Gasteiger partial charge in [0.05, 0.1) is 8.26 Å². The first-order chi connectivity index (χ1) is 8.97. The molecular formula is C13H10Br2FNOS. The number of rotatable bonds is 3. The summed E-state index contributed by atoms with van der Waals surface area (Å²) in [5.74, 6) is -0.510. The average molecular weight is 407 g/mol. The number of amides is 1. The predicted octanol–water partition coefficient (Wildman–Crippen LogP) is 4.68. The molecule has 19 heavy (non-hydrogen) atoms. The van der Waals surface area contributed by atoms with Crippen LogP contribution in [0, 0.1) is 5.82 Å². The minimum absolute atomic E-state index is 0.136. The maximum Gasteiger partial charge on any atom is 0.253 e. The van der Waals surface area contributed by atoms with Crippen molar-refractivity contribution in [2.75, 3.05) is 7.05 Å². The summed E-state index contributed by atoms with van der Waals surface area (Å²) in [7, 11) is 1.73. The van der Waals surface area contributed by atoms with Crippen molar-refractivity contribution in [1.29, 1.82) is 0 Å². The fourth-order valence-electron chi connectivity index (χ4n) is 1.62. The molecule has 2 rings (SSSR count). The van der Waals surface area contributed by atoms with Gasteiger partial charge >= 0.3 is 0 Å². The third-order valence-electron chi connectivity index (χ3n) is 2.55. The highest BCUT2D eigenvalue weighted by atomic mass is 79.9. The number of thiophene rings is 1. The van der Waals surface area contributed by atoms with E-state index >= 15 is 0 Å². The van der Waals surface area contributed by atoms with Crippen LogP contribution in [-0.2, 0) is 6.54 Å². The molecule has 2 aromatic rings. The zero-order valence-electron chi connectivity index (χ0n) is 9.99. The van der Waals surface area contributed by atoms with Gasteiger partial charge in [-0.3, -0.25) is 4.79 Å². The van der Waals surface area contributed by atoms with E-state index in [1.165, 1.54) is 18.2 Å². The number of carbonyl (C=O) groups is 1. The molecule has 0 saturated carbocycles. The van der Waals surface area contributed by atoms with Crippen LogP contribution in [0.3, 0.4) is 0 Å². The van der Waals surface area contributed by atoms with Crippen LogP contribution in [0.1, 0.15) is 15.9 Å². The molecule has 0 aliphatic heterocycles. The Kier molecular flexibility index (Phi) is 4.76. The third-order valence-corrected chi connectivity index (χ3v) is 4.72. The van der Waals surface area contributed by atoms with Crippen molar-refractivity contribution in [2.24, 2.45) is 0 Å². The third kappa shape index (κ3) is 3.64. The number of hydrogen-bond donors (Lipinski definition) is 0.